The third-order valence-corrected chi connectivity index (χ3v) is 10.2. The zero-order valence-corrected chi connectivity index (χ0v) is 26.1. The van der Waals surface area contributed by atoms with Crippen molar-refractivity contribution in [3.05, 3.63) is 89.3 Å². The molecule has 10 nitrogen and oxygen atoms in total. The van der Waals surface area contributed by atoms with E-state index in [0.717, 1.165) is 5.57 Å². The molecule has 0 saturated heterocycles. The van der Waals surface area contributed by atoms with Gasteiger partial charge in [-0.15, -0.1) is 0 Å². The lowest BCUT2D eigenvalue weighted by atomic mass is 9.42. The third-order valence-electron chi connectivity index (χ3n) is 10.2. The number of nitrogens with zero attached hydrogens (tertiary/aromatic N) is 1. The fraction of sp³-hybridized carbons (Fsp3) is 0.457. The van der Waals surface area contributed by atoms with Gasteiger partial charge < -0.3 is 24.1 Å². The molecule has 1 aromatic carbocycles. The Morgan fingerprint density at radius 3 is 2.31 bits per heavy atom. The number of cyclic esters (lactones) is 1. The van der Waals surface area contributed by atoms with E-state index in [1.807, 2.05) is 20.8 Å². The Bertz CT molecular complexity index is 1530. The van der Waals surface area contributed by atoms with Crippen LogP contribution in [0.15, 0.2) is 78.2 Å². The Balaban J connectivity index is 1.68. The summed E-state index contributed by atoms with van der Waals surface area (Å²) in [5, 5.41) is 12.8. The minimum atomic E-state index is -1.93. The van der Waals surface area contributed by atoms with Crippen molar-refractivity contribution in [1.82, 2.24) is 4.98 Å². The highest BCUT2D eigenvalue weighted by molar-refractivity contribution is 5.90. The number of pyridine rings is 1. The number of esters is 4. The first kappa shape index (κ1) is 32.1. The Kier molecular flexibility index (Phi) is 8.72. The van der Waals surface area contributed by atoms with E-state index >= 15 is 0 Å². The molecule has 45 heavy (non-hydrogen) atoms. The summed E-state index contributed by atoms with van der Waals surface area (Å²) in [5.41, 5.74) is -2.26. The number of ether oxygens (including phenoxy) is 4. The number of carbonyl (C=O) groups excluding carboxylic acids is 4. The van der Waals surface area contributed by atoms with Crippen LogP contribution in [0.5, 0.6) is 0 Å². The van der Waals surface area contributed by atoms with Gasteiger partial charge in [-0.2, -0.15) is 0 Å². The molecule has 2 aromatic rings. The van der Waals surface area contributed by atoms with E-state index in [9.17, 15) is 24.3 Å². The Morgan fingerprint density at radius 1 is 1.02 bits per heavy atom. The van der Waals surface area contributed by atoms with Gasteiger partial charge in [0.25, 0.3) is 0 Å². The molecule has 1 saturated carbocycles. The zero-order valence-electron chi connectivity index (χ0n) is 26.1. The van der Waals surface area contributed by atoms with E-state index in [-0.39, 0.29) is 24.2 Å². The molecule has 0 amide bonds. The SMILES string of the molecule is CC(=O)O[C@@H](CC1=CC(=O)OC1)[C@]1(C)[C@H]2CCC=C(C)[C@]2(C)[C@@H](OC(=O)c2cccnc2)[C@H](OC(=O)c2ccccc2)[C@]1(C)O. The molecule has 2 aliphatic carbocycles. The van der Waals surface area contributed by atoms with E-state index in [0.29, 0.717) is 18.4 Å². The second kappa shape index (κ2) is 12.2. The smallest absolute Gasteiger partial charge is 0.340 e. The number of aliphatic hydroxyl groups is 1. The highest BCUT2D eigenvalue weighted by atomic mass is 16.6. The van der Waals surface area contributed by atoms with Gasteiger partial charge in [-0.1, -0.05) is 43.7 Å². The van der Waals surface area contributed by atoms with Gasteiger partial charge in [0.05, 0.1) is 11.1 Å². The van der Waals surface area contributed by atoms with Gasteiger partial charge in [0, 0.05) is 42.6 Å². The molecule has 0 bridgehead atoms. The molecule has 2 heterocycles. The van der Waals surface area contributed by atoms with Crippen molar-refractivity contribution in [2.45, 2.75) is 77.8 Å². The predicted octanol–water partition coefficient (Wildman–Crippen LogP) is 4.77. The molecule has 0 spiro atoms. The first-order valence-electron chi connectivity index (χ1n) is 15.1. The molecule has 0 radical (unpaired) electrons. The highest BCUT2D eigenvalue weighted by Crippen LogP contribution is 2.65. The molecule has 1 aliphatic heterocycles. The molecular weight excluding hydrogens is 578 g/mol. The van der Waals surface area contributed by atoms with Crippen molar-refractivity contribution < 1.29 is 43.2 Å². The third kappa shape index (κ3) is 5.67. The molecular formula is C35H39NO9. The Hall–Kier alpha value is -4.31. The molecule has 10 heteroatoms. The number of allylic oxidation sites excluding steroid dienone is 1. The van der Waals surface area contributed by atoms with Crippen LogP contribution in [-0.4, -0.2) is 64.5 Å². The summed E-state index contributed by atoms with van der Waals surface area (Å²) in [6.45, 7) is 8.55. The molecule has 5 rings (SSSR count). The van der Waals surface area contributed by atoms with Crippen LogP contribution in [0, 0.1) is 16.7 Å². The lowest BCUT2D eigenvalue weighted by Gasteiger charge is -2.66. The first-order chi connectivity index (χ1) is 21.3. The normalized spacial score (nSPS) is 31.4. The highest BCUT2D eigenvalue weighted by Gasteiger charge is 2.73. The molecule has 1 fully saturated rings. The Morgan fingerprint density at radius 2 is 1.69 bits per heavy atom. The van der Waals surface area contributed by atoms with Crippen molar-refractivity contribution in [1.29, 1.82) is 0 Å². The van der Waals surface area contributed by atoms with Gasteiger partial charge in [0.15, 0.2) is 12.2 Å². The average Bonchev–Trinajstić information content (AvgIpc) is 3.43. The number of fused-ring (bicyclic) bond motifs is 1. The largest absolute Gasteiger partial charge is 0.462 e. The predicted molar refractivity (Wildman–Crippen MR) is 162 cm³/mol. The number of benzene rings is 1. The summed E-state index contributed by atoms with van der Waals surface area (Å²) in [5.74, 6) is -2.91. The van der Waals surface area contributed by atoms with E-state index in [1.165, 1.54) is 32.3 Å². The van der Waals surface area contributed by atoms with Gasteiger partial charge in [-0.3, -0.25) is 9.78 Å². The van der Waals surface area contributed by atoms with Crippen molar-refractivity contribution in [3.63, 3.8) is 0 Å². The van der Waals surface area contributed by atoms with Crippen LogP contribution in [0.4, 0.5) is 0 Å². The standard InChI is InChI=1S/C35H39NO9/c1-21-11-9-15-26-33(21,3)29(44-32(40)25-14-10-16-36-19-25)30(45-31(39)24-12-7-6-8-13-24)35(5,41)34(26,4)27(43-22(2)37)17-23-18-28(38)42-20-23/h6-8,10-14,16,18-19,26-27,29-30,41H,9,15,17,20H2,1-5H3/t26-,27-,29-,30-,33-,34-,35-/m0/s1. The van der Waals surface area contributed by atoms with Crippen LogP contribution in [0.3, 0.4) is 0 Å². The molecule has 0 unspecified atom stereocenters. The Labute approximate surface area is 262 Å². The summed E-state index contributed by atoms with van der Waals surface area (Å²) < 4.78 is 23.6. The van der Waals surface area contributed by atoms with Crippen molar-refractivity contribution >= 4 is 23.9 Å². The van der Waals surface area contributed by atoms with E-state index in [1.54, 1.807) is 42.5 Å². The lowest BCUT2D eigenvalue weighted by Crippen LogP contribution is -2.75. The second-order valence-corrected chi connectivity index (χ2v) is 12.7. The van der Waals surface area contributed by atoms with Crippen molar-refractivity contribution in [2.75, 3.05) is 6.61 Å². The maximum Gasteiger partial charge on any atom is 0.340 e. The number of carbonyl (C=O) groups is 4. The maximum atomic E-state index is 13.7. The number of rotatable bonds is 8. The van der Waals surface area contributed by atoms with Crippen LogP contribution in [-0.2, 0) is 28.5 Å². The summed E-state index contributed by atoms with van der Waals surface area (Å²) >= 11 is 0. The molecule has 7 atom stereocenters. The minimum absolute atomic E-state index is 0.0352. The monoisotopic (exact) mass is 617 g/mol. The average molecular weight is 618 g/mol. The minimum Gasteiger partial charge on any atom is -0.462 e. The van der Waals surface area contributed by atoms with Gasteiger partial charge in [-0.25, -0.2) is 14.4 Å². The van der Waals surface area contributed by atoms with E-state index in [4.69, 9.17) is 18.9 Å². The topological polar surface area (TPSA) is 138 Å². The first-order valence-corrected chi connectivity index (χ1v) is 15.1. The maximum absolute atomic E-state index is 13.7. The number of aromatic nitrogens is 1. The van der Waals surface area contributed by atoms with Crippen LogP contribution < -0.4 is 0 Å². The molecule has 1 N–H and O–H groups in total. The fourth-order valence-electron chi connectivity index (χ4n) is 7.56. The lowest BCUT2D eigenvalue weighted by molar-refractivity contribution is -0.290. The van der Waals surface area contributed by atoms with Crippen LogP contribution >= 0.6 is 0 Å². The van der Waals surface area contributed by atoms with Gasteiger partial charge in [0.2, 0.25) is 0 Å². The van der Waals surface area contributed by atoms with Crippen molar-refractivity contribution in [3.8, 4) is 0 Å². The summed E-state index contributed by atoms with van der Waals surface area (Å²) in [6.07, 6.45) is 4.15. The van der Waals surface area contributed by atoms with Gasteiger partial charge >= 0.3 is 23.9 Å². The van der Waals surface area contributed by atoms with Crippen molar-refractivity contribution in [2.24, 2.45) is 16.7 Å². The van der Waals surface area contributed by atoms with E-state index in [2.05, 4.69) is 11.1 Å². The molecule has 1 aromatic heterocycles. The molecule has 3 aliphatic rings. The fourth-order valence-corrected chi connectivity index (χ4v) is 7.56. The van der Waals surface area contributed by atoms with Crippen LogP contribution in [0.1, 0.15) is 74.6 Å². The summed E-state index contributed by atoms with van der Waals surface area (Å²) in [4.78, 5) is 55.9. The van der Waals surface area contributed by atoms with Crippen LogP contribution in [0.2, 0.25) is 0 Å². The number of hydrogen-bond acceptors (Lipinski definition) is 10. The summed E-state index contributed by atoms with van der Waals surface area (Å²) in [7, 11) is 0. The van der Waals surface area contributed by atoms with E-state index < -0.39 is 64.5 Å². The van der Waals surface area contributed by atoms with Crippen LogP contribution in [0.25, 0.3) is 0 Å². The number of hydrogen-bond donors (Lipinski definition) is 1. The van der Waals surface area contributed by atoms with Gasteiger partial charge in [0.1, 0.15) is 18.3 Å². The quantitative estimate of drug-likeness (QED) is 0.250. The van der Waals surface area contributed by atoms with Gasteiger partial charge in [-0.05, 0) is 62.4 Å². The zero-order chi connectivity index (χ0) is 32.6. The molecule has 238 valence electrons. The second-order valence-electron chi connectivity index (χ2n) is 12.7. The summed E-state index contributed by atoms with van der Waals surface area (Å²) in [6, 6.07) is 11.5.